The summed E-state index contributed by atoms with van der Waals surface area (Å²) >= 11 is 0. The van der Waals surface area contributed by atoms with E-state index in [-0.39, 0.29) is 37.2 Å². The Kier molecular flexibility index (Phi) is 6.26. The minimum absolute atomic E-state index is 0.161. The molecular formula is C8H12F2N2S. The molecule has 5 heteroatoms. The van der Waals surface area contributed by atoms with Crippen LogP contribution in [0, 0.1) is 22.7 Å². The molecule has 74 valence electrons. The van der Waals surface area contributed by atoms with Crippen molar-refractivity contribution in [3.05, 3.63) is 0 Å². The molecule has 0 aliphatic rings. The average molecular weight is 206 g/mol. The second-order valence-electron chi connectivity index (χ2n) is 2.63. The highest BCUT2D eigenvalue weighted by molar-refractivity contribution is 8.25. The van der Waals surface area contributed by atoms with Crippen LogP contribution in [-0.4, -0.2) is 11.5 Å². The van der Waals surface area contributed by atoms with Gasteiger partial charge in [0.1, 0.15) is 0 Å². The highest BCUT2D eigenvalue weighted by Crippen LogP contribution is 2.52. The second-order valence-corrected chi connectivity index (χ2v) is 4.84. The summed E-state index contributed by atoms with van der Waals surface area (Å²) in [6.45, 7) is 0. The van der Waals surface area contributed by atoms with Gasteiger partial charge in [-0.15, -0.1) is 0 Å². The Labute approximate surface area is 79.1 Å². The monoisotopic (exact) mass is 206 g/mol. The Hall–Kier alpha value is -0.810. The largest absolute Gasteiger partial charge is 0.198 e. The van der Waals surface area contributed by atoms with Crippen molar-refractivity contribution in [2.45, 2.75) is 25.7 Å². The van der Waals surface area contributed by atoms with Gasteiger partial charge in [0.25, 0.3) is 0 Å². The SMILES string of the molecule is N#CCCCS(F)(F)CCCC#N. The van der Waals surface area contributed by atoms with Gasteiger partial charge in [0.15, 0.2) is 0 Å². The van der Waals surface area contributed by atoms with Crippen LogP contribution in [0.4, 0.5) is 7.77 Å². The first-order chi connectivity index (χ1) is 6.12. The maximum absolute atomic E-state index is 12.9. The minimum Gasteiger partial charge on any atom is -0.198 e. The van der Waals surface area contributed by atoms with Crippen molar-refractivity contribution in [2.24, 2.45) is 0 Å². The summed E-state index contributed by atoms with van der Waals surface area (Å²) in [5.41, 5.74) is 0. The van der Waals surface area contributed by atoms with Crippen LogP contribution in [0.15, 0.2) is 0 Å². The maximum atomic E-state index is 12.9. The lowest BCUT2D eigenvalue weighted by Gasteiger charge is -2.19. The fraction of sp³-hybridized carbons (Fsp3) is 0.750. The molecular weight excluding hydrogens is 194 g/mol. The first-order valence-corrected chi connectivity index (χ1v) is 5.81. The molecule has 0 aromatic carbocycles. The zero-order valence-electron chi connectivity index (χ0n) is 7.30. The zero-order valence-corrected chi connectivity index (χ0v) is 8.12. The van der Waals surface area contributed by atoms with Gasteiger partial charge in [0, 0.05) is 24.3 Å². The molecule has 0 saturated carbocycles. The number of nitrogens with zero attached hydrogens (tertiary/aromatic N) is 2. The van der Waals surface area contributed by atoms with Crippen molar-refractivity contribution in [3.63, 3.8) is 0 Å². The van der Waals surface area contributed by atoms with Gasteiger partial charge in [-0.2, -0.15) is 18.3 Å². The molecule has 0 bridgehead atoms. The first kappa shape index (κ1) is 12.2. The smallest absolute Gasteiger partial charge is 0.0622 e. The van der Waals surface area contributed by atoms with Crippen molar-refractivity contribution < 1.29 is 7.77 Å². The van der Waals surface area contributed by atoms with Crippen molar-refractivity contribution in [3.8, 4) is 12.1 Å². The lowest BCUT2D eigenvalue weighted by atomic mass is 10.4. The molecule has 0 N–H and O–H groups in total. The molecule has 0 amide bonds. The van der Waals surface area contributed by atoms with Crippen LogP contribution in [0.5, 0.6) is 0 Å². The van der Waals surface area contributed by atoms with Gasteiger partial charge in [0.05, 0.1) is 22.9 Å². The van der Waals surface area contributed by atoms with Gasteiger partial charge in [-0.1, -0.05) is 0 Å². The van der Waals surface area contributed by atoms with Crippen molar-refractivity contribution in [1.29, 1.82) is 10.5 Å². The lowest BCUT2D eigenvalue weighted by molar-refractivity contribution is 0.717. The molecule has 0 aromatic rings. The van der Waals surface area contributed by atoms with E-state index in [9.17, 15) is 7.77 Å². The molecule has 13 heavy (non-hydrogen) atoms. The van der Waals surface area contributed by atoms with Crippen LogP contribution in [-0.2, 0) is 0 Å². The number of rotatable bonds is 6. The van der Waals surface area contributed by atoms with E-state index in [1.165, 1.54) is 0 Å². The van der Waals surface area contributed by atoms with E-state index in [4.69, 9.17) is 10.5 Å². The molecule has 0 aromatic heterocycles. The van der Waals surface area contributed by atoms with Gasteiger partial charge in [-0.3, -0.25) is 0 Å². The first-order valence-electron chi connectivity index (χ1n) is 4.04. The molecule has 0 heterocycles. The Morgan fingerprint density at radius 3 is 1.62 bits per heavy atom. The summed E-state index contributed by atoms with van der Waals surface area (Å²) in [5.74, 6) is -0.321. The molecule has 0 unspecified atom stereocenters. The van der Waals surface area contributed by atoms with E-state index in [0.717, 1.165) is 0 Å². The molecule has 0 saturated heterocycles. The van der Waals surface area contributed by atoms with Crippen molar-refractivity contribution in [2.75, 3.05) is 11.5 Å². The summed E-state index contributed by atoms with van der Waals surface area (Å²) < 4.78 is 25.9. The highest BCUT2D eigenvalue weighted by atomic mass is 32.3. The molecule has 0 atom stereocenters. The predicted molar refractivity (Wildman–Crippen MR) is 49.2 cm³/mol. The number of hydrogen-bond donors (Lipinski definition) is 0. The summed E-state index contributed by atoms with van der Waals surface area (Å²) in [5, 5.41) is 16.3. The summed E-state index contributed by atoms with van der Waals surface area (Å²) in [7, 11) is -3.53. The molecule has 0 rings (SSSR count). The molecule has 0 radical (unpaired) electrons. The van der Waals surface area contributed by atoms with E-state index in [1.807, 2.05) is 12.1 Å². The normalized spacial score (nSPS) is 11.7. The van der Waals surface area contributed by atoms with Crippen LogP contribution in [0.1, 0.15) is 25.7 Å². The topological polar surface area (TPSA) is 47.6 Å². The third kappa shape index (κ3) is 7.55. The summed E-state index contributed by atoms with van der Waals surface area (Å²) in [6.07, 6.45) is 0.929. The molecule has 0 spiro atoms. The van der Waals surface area contributed by atoms with E-state index < -0.39 is 10.8 Å². The lowest BCUT2D eigenvalue weighted by Crippen LogP contribution is -1.98. The summed E-state index contributed by atoms with van der Waals surface area (Å²) in [6, 6.07) is 3.67. The van der Waals surface area contributed by atoms with Crippen LogP contribution in [0.3, 0.4) is 0 Å². The van der Waals surface area contributed by atoms with Crippen molar-refractivity contribution in [1.82, 2.24) is 0 Å². The molecule has 2 nitrogen and oxygen atoms in total. The third-order valence-electron chi connectivity index (χ3n) is 1.46. The fourth-order valence-corrected chi connectivity index (χ4v) is 2.16. The number of halogens is 2. The Morgan fingerprint density at radius 1 is 0.923 bits per heavy atom. The maximum Gasteiger partial charge on any atom is 0.0622 e. The molecule has 0 fully saturated rings. The average Bonchev–Trinajstić information content (AvgIpc) is 2.05. The van der Waals surface area contributed by atoms with Gasteiger partial charge in [0.2, 0.25) is 0 Å². The number of unbranched alkanes of at least 4 members (excludes halogenated alkanes) is 2. The highest BCUT2D eigenvalue weighted by Gasteiger charge is 2.20. The van der Waals surface area contributed by atoms with Gasteiger partial charge >= 0.3 is 0 Å². The second kappa shape index (κ2) is 6.68. The number of hydrogen-bond acceptors (Lipinski definition) is 2. The Balaban J connectivity index is 3.56. The van der Waals surface area contributed by atoms with Crippen LogP contribution >= 0.6 is 10.8 Å². The molecule has 0 aliphatic heterocycles. The third-order valence-corrected chi connectivity index (χ3v) is 3.24. The standard InChI is InChI=1S/C8H12F2N2S/c9-13(10,7-3-1-5-11)8-4-2-6-12/h1-4,7-8H2. The molecule has 0 aliphatic carbocycles. The van der Waals surface area contributed by atoms with Crippen LogP contribution in [0.2, 0.25) is 0 Å². The van der Waals surface area contributed by atoms with E-state index in [0.29, 0.717) is 0 Å². The van der Waals surface area contributed by atoms with E-state index in [2.05, 4.69) is 0 Å². The quantitative estimate of drug-likeness (QED) is 0.626. The Bertz CT molecular complexity index is 195. The van der Waals surface area contributed by atoms with E-state index in [1.54, 1.807) is 0 Å². The fourth-order valence-electron chi connectivity index (χ4n) is 0.827. The number of nitriles is 2. The minimum atomic E-state index is -3.53. The van der Waals surface area contributed by atoms with Gasteiger partial charge < -0.3 is 0 Å². The van der Waals surface area contributed by atoms with E-state index >= 15 is 0 Å². The van der Waals surface area contributed by atoms with Gasteiger partial charge in [-0.05, 0) is 12.8 Å². The van der Waals surface area contributed by atoms with Crippen molar-refractivity contribution >= 4 is 10.8 Å². The van der Waals surface area contributed by atoms with Gasteiger partial charge in [-0.25, -0.2) is 0 Å². The van der Waals surface area contributed by atoms with Crippen LogP contribution < -0.4 is 0 Å². The zero-order chi connectivity index (χ0) is 10.2. The summed E-state index contributed by atoms with van der Waals surface area (Å²) in [4.78, 5) is 0. The van der Waals surface area contributed by atoms with Crippen LogP contribution in [0.25, 0.3) is 0 Å². The Morgan fingerprint density at radius 2 is 1.31 bits per heavy atom. The predicted octanol–water partition coefficient (Wildman–Crippen LogP) is 3.17.